The van der Waals surface area contributed by atoms with E-state index in [1.54, 1.807) is 25.2 Å². The molecule has 6 nitrogen and oxygen atoms in total. The van der Waals surface area contributed by atoms with E-state index in [0.717, 1.165) is 11.8 Å². The normalized spacial score (nSPS) is 10.5. The van der Waals surface area contributed by atoms with E-state index in [1.807, 2.05) is 0 Å². The van der Waals surface area contributed by atoms with Gasteiger partial charge in [-0.05, 0) is 23.9 Å². The van der Waals surface area contributed by atoms with Gasteiger partial charge < -0.3 is 0 Å². The van der Waals surface area contributed by atoms with E-state index in [1.165, 1.54) is 4.68 Å². The minimum Gasteiger partial charge on any atom is -0.265 e. The van der Waals surface area contributed by atoms with Gasteiger partial charge in [-0.25, -0.2) is 4.98 Å². The van der Waals surface area contributed by atoms with Crippen LogP contribution in [0.1, 0.15) is 0 Å². The maximum Gasteiger partial charge on any atom is 0.339 e. The summed E-state index contributed by atoms with van der Waals surface area (Å²) in [7, 11) is 1.58. The summed E-state index contributed by atoms with van der Waals surface area (Å²) in [6, 6.07) is 5.11. The van der Waals surface area contributed by atoms with Gasteiger partial charge in [0, 0.05) is 7.05 Å². The van der Waals surface area contributed by atoms with Crippen LogP contribution in [0.15, 0.2) is 38.0 Å². The van der Waals surface area contributed by atoms with E-state index in [-0.39, 0.29) is 0 Å². The molecule has 88 valence electrons. The summed E-state index contributed by atoms with van der Waals surface area (Å²) >= 11 is 6.87. The lowest BCUT2D eigenvalue weighted by Crippen LogP contribution is -2.33. The molecule has 2 aromatic rings. The first-order chi connectivity index (χ1) is 8.06. The first-order valence-corrected chi connectivity index (χ1v) is 5.73. The van der Waals surface area contributed by atoms with Crippen molar-refractivity contribution in [2.45, 2.75) is 10.2 Å². The van der Waals surface area contributed by atoms with Gasteiger partial charge >= 0.3 is 11.1 Å². The van der Waals surface area contributed by atoms with Crippen LogP contribution in [0.3, 0.4) is 0 Å². The molecule has 0 aliphatic rings. The lowest BCUT2D eigenvalue weighted by molar-refractivity contribution is 0.596. The summed E-state index contributed by atoms with van der Waals surface area (Å²) in [5.41, 5.74) is -1.58. The van der Waals surface area contributed by atoms with Crippen molar-refractivity contribution in [3.8, 4) is 0 Å². The largest absolute Gasteiger partial charge is 0.339 e. The second-order valence-electron chi connectivity index (χ2n) is 3.10. The van der Waals surface area contributed by atoms with Crippen LogP contribution < -0.4 is 11.1 Å². The molecular formula is C9H7ClN4O2S. The fraction of sp³-hybridized carbons (Fsp3) is 0.111. The highest BCUT2D eigenvalue weighted by molar-refractivity contribution is 7.99. The summed E-state index contributed by atoms with van der Waals surface area (Å²) in [6.07, 6.45) is 0. The van der Waals surface area contributed by atoms with Crippen LogP contribution in [0.4, 0.5) is 0 Å². The van der Waals surface area contributed by atoms with E-state index in [0.29, 0.717) is 15.3 Å². The number of hydrogen-bond donors (Lipinski definition) is 1. The maximum absolute atomic E-state index is 11.1. The number of aryl methyl sites for hydroxylation is 1. The molecule has 2 rings (SSSR count). The first kappa shape index (κ1) is 11.9. The minimum absolute atomic E-state index is 0.337. The Morgan fingerprint density at radius 3 is 2.82 bits per heavy atom. The molecular weight excluding hydrogens is 264 g/mol. The Balaban J connectivity index is 2.40. The molecule has 0 aromatic carbocycles. The van der Waals surface area contributed by atoms with Gasteiger partial charge in [-0.1, -0.05) is 17.7 Å². The number of halogens is 1. The number of rotatable bonds is 2. The third kappa shape index (κ3) is 2.75. The predicted molar refractivity (Wildman–Crippen MR) is 63.5 cm³/mol. The van der Waals surface area contributed by atoms with E-state index in [9.17, 15) is 9.59 Å². The molecule has 0 atom stereocenters. The van der Waals surface area contributed by atoms with Crippen LogP contribution in [0.25, 0.3) is 0 Å². The predicted octanol–water partition coefficient (Wildman–Crippen LogP) is 0.668. The number of nitrogens with zero attached hydrogens (tertiary/aromatic N) is 3. The highest BCUT2D eigenvalue weighted by Gasteiger charge is 2.07. The molecule has 0 amide bonds. The Morgan fingerprint density at radius 2 is 2.12 bits per heavy atom. The Morgan fingerprint density at radius 1 is 1.35 bits per heavy atom. The van der Waals surface area contributed by atoms with Crippen molar-refractivity contribution in [2.24, 2.45) is 7.05 Å². The fourth-order valence-corrected chi connectivity index (χ4v) is 2.09. The standard InChI is InChI=1S/C9H7ClN4O2S/c1-14-9(12-7(15)8(16)13-14)17-6-4-2-3-5(10)11-6/h2-4H,1H3,(H,13,16). The van der Waals surface area contributed by atoms with Crippen LogP contribution in [-0.4, -0.2) is 19.7 Å². The molecule has 0 unspecified atom stereocenters. The van der Waals surface area contributed by atoms with Crippen LogP contribution in [0.5, 0.6) is 0 Å². The topological polar surface area (TPSA) is 80.6 Å². The number of hydrogen-bond acceptors (Lipinski definition) is 5. The molecule has 2 aromatic heterocycles. The van der Waals surface area contributed by atoms with Crippen LogP contribution in [0, 0.1) is 0 Å². The quantitative estimate of drug-likeness (QED) is 0.641. The number of pyridine rings is 1. The Bertz CT molecular complexity index is 667. The van der Waals surface area contributed by atoms with Crippen molar-refractivity contribution >= 4 is 23.4 Å². The molecule has 8 heteroatoms. The van der Waals surface area contributed by atoms with Crippen LogP contribution in [0.2, 0.25) is 5.15 Å². The zero-order valence-electron chi connectivity index (χ0n) is 8.68. The van der Waals surface area contributed by atoms with Gasteiger partial charge in [0.25, 0.3) is 0 Å². The first-order valence-electron chi connectivity index (χ1n) is 4.54. The molecule has 0 bridgehead atoms. The Hall–Kier alpha value is -1.60. The number of H-pyrrole nitrogens is 1. The molecule has 0 fully saturated rings. The number of nitrogens with one attached hydrogen (secondary N) is 1. The SMILES string of the molecule is Cn1[nH]c(=O)c(=O)nc1Sc1cccc(Cl)n1. The average Bonchev–Trinajstić information content (AvgIpc) is 2.26. The van der Waals surface area contributed by atoms with Gasteiger partial charge in [-0.2, -0.15) is 4.98 Å². The van der Waals surface area contributed by atoms with E-state index < -0.39 is 11.1 Å². The Kier molecular flexibility index (Phi) is 3.30. The number of aromatic nitrogens is 4. The minimum atomic E-state index is -0.826. The van der Waals surface area contributed by atoms with Gasteiger partial charge in [0.1, 0.15) is 10.2 Å². The third-order valence-corrected chi connectivity index (χ3v) is 3.03. The lowest BCUT2D eigenvalue weighted by atomic mass is 10.5. The van der Waals surface area contributed by atoms with Gasteiger partial charge in [0.15, 0.2) is 5.16 Å². The van der Waals surface area contributed by atoms with Gasteiger partial charge in [-0.3, -0.25) is 19.4 Å². The summed E-state index contributed by atoms with van der Waals surface area (Å²) in [5.74, 6) is 0. The molecule has 0 aliphatic carbocycles. The van der Waals surface area contributed by atoms with E-state index >= 15 is 0 Å². The van der Waals surface area contributed by atoms with E-state index in [2.05, 4.69) is 15.1 Å². The Labute approximate surface area is 105 Å². The van der Waals surface area contributed by atoms with E-state index in [4.69, 9.17) is 11.6 Å². The molecule has 0 radical (unpaired) electrons. The van der Waals surface area contributed by atoms with Crippen molar-refractivity contribution in [1.29, 1.82) is 0 Å². The summed E-state index contributed by atoms with van der Waals surface area (Å²) in [4.78, 5) is 29.8. The lowest BCUT2D eigenvalue weighted by Gasteiger charge is -2.04. The zero-order chi connectivity index (χ0) is 12.4. The second kappa shape index (κ2) is 4.72. The fourth-order valence-electron chi connectivity index (χ4n) is 1.09. The van der Waals surface area contributed by atoms with Gasteiger partial charge in [0.05, 0.1) is 0 Å². The van der Waals surface area contributed by atoms with Crippen molar-refractivity contribution in [3.63, 3.8) is 0 Å². The van der Waals surface area contributed by atoms with Crippen LogP contribution >= 0.6 is 23.4 Å². The van der Waals surface area contributed by atoms with Crippen molar-refractivity contribution in [3.05, 3.63) is 44.1 Å². The zero-order valence-corrected chi connectivity index (χ0v) is 10.2. The van der Waals surface area contributed by atoms with Crippen LogP contribution in [-0.2, 0) is 7.05 Å². The molecule has 1 N–H and O–H groups in total. The third-order valence-electron chi connectivity index (χ3n) is 1.83. The van der Waals surface area contributed by atoms with Crippen molar-refractivity contribution in [1.82, 2.24) is 19.7 Å². The highest BCUT2D eigenvalue weighted by atomic mass is 35.5. The summed E-state index contributed by atoms with van der Waals surface area (Å²) in [6.45, 7) is 0. The smallest absolute Gasteiger partial charge is 0.265 e. The summed E-state index contributed by atoms with van der Waals surface area (Å²) in [5, 5.41) is 3.62. The van der Waals surface area contributed by atoms with Gasteiger partial charge in [0.2, 0.25) is 0 Å². The highest BCUT2D eigenvalue weighted by Crippen LogP contribution is 2.23. The average molecular weight is 271 g/mol. The number of aromatic amines is 1. The molecule has 0 saturated heterocycles. The molecule has 0 saturated carbocycles. The maximum atomic E-state index is 11.1. The second-order valence-corrected chi connectivity index (χ2v) is 4.47. The molecule has 0 aliphatic heterocycles. The van der Waals surface area contributed by atoms with Crippen molar-refractivity contribution in [2.75, 3.05) is 0 Å². The monoisotopic (exact) mass is 270 g/mol. The van der Waals surface area contributed by atoms with Crippen molar-refractivity contribution < 1.29 is 0 Å². The summed E-state index contributed by atoms with van der Waals surface area (Å²) < 4.78 is 1.36. The van der Waals surface area contributed by atoms with Gasteiger partial charge in [-0.15, -0.1) is 0 Å². The molecule has 17 heavy (non-hydrogen) atoms. The molecule has 0 spiro atoms. The molecule has 2 heterocycles.